The van der Waals surface area contributed by atoms with Gasteiger partial charge in [0.05, 0.1) is 17.9 Å². The number of allylic oxidation sites excluding steroid dienone is 4. The van der Waals surface area contributed by atoms with E-state index in [1.807, 2.05) is 6.92 Å². The number of nitrogens with two attached hydrogens (primary N) is 1. The van der Waals surface area contributed by atoms with Gasteiger partial charge in [-0.15, -0.1) is 0 Å². The molecule has 0 aromatic heterocycles. The summed E-state index contributed by atoms with van der Waals surface area (Å²) in [5, 5.41) is 3.22. The fraction of sp³-hybridized carbons (Fsp3) is 0.600. The van der Waals surface area contributed by atoms with Crippen molar-refractivity contribution in [3.63, 3.8) is 0 Å². The number of hydrogen-bond acceptors (Lipinski definition) is 3. The molecule has 1 rings (SSSR count). The van der Waals surface area contributed by atoms with Gasteiger partial charge in [0.1, 0.15) is 5.84 Å². The Kier molecular flexibility index (Phi) is 9.45. The summed E-state index contributed by atoms with van der Waals surface area (Å²) < 4.78 is 46.0. The summed E-state index contributed by atoms with van der Waals surface area (Å²) in [4.78, 5) is 16.3. The number of nitrogens with one attached hydrogen (secondary N) is 1. The molecule has 1 aliphatic heterocycles. The summed E-state index contributed by atoms with van der Waals surface area (Å²) >= 11 is 0. The minimum atomic E-state index is -4.62. The molecule has 5 nitrogen and oxygen atoms in total. The minimum Gasteiger partial charge on any atom is -0.499 e. The molecule has 0 aromatic rings. The van der Waals surface area contributed by atoms with Crippen LogP contribution in [-0.4, -0.2) is 37.1 Å². The van der Waals surface area contributed by atoms with Crippen LogP contribution in [0.25, 0.3) is 0 Å². The molecular formula is C20H30F3N3O2. The normalized spacial score (nSPS) is 23.0. The molecule has 0 radical (unpaired) electrons. The molecule has 2 atom stereocenters. The molecule has 28 heavy (non-hydrogen) atoms. The van der Waals surface area contributed by atoms with Gasteiger partial charge >= 0.3 is 6.18 Å². The number of amides is 1. The standard InChI is InChI=1S/C20H30F3N3O2/c1-5-7-17(20(21,22)23)16(9-8-14(4)28-6-2)18(24)26-19(27)15-10-11-25-13(3)12-15/h7-9,13,15,25H,5-6,10-12H2,1-4H3,(H2,24,26,27)/b14-8+,16-9+,17-7+. The second kappa shape index (κ2) is 11.0. The monoisotopic (exact) mass is 401 g/mol. The van der Waals surface area contributed by atoms with Crippen molar-refractivity contribution in [2.24, 2.45) is 16.6 Å². The summed E-state index contributed by atoms with van der Waals surface area (Å²) in [7, 11) is 0. The van der Waals surface area contributed by atoms with Crippen molar-refractivity contribution in [1.29, 1.82) is 0 Å². The number of carbonyl (C=O) groups is 1. The molecular weight excluding hydrogens is 371 g/mol. The third-order valence-corrected chi connectivity index (χ3v) is 4.34. The number of rotatable bonds is 7. The van der Waals surface area contributed by atoms with Gasteiger partial charge in [0.2, 0.25) is 0 Å². The molecule has 1 aliphatic rings. The van der Waals surface area contributed by atoms with Gasteiger partial charge in [-0.25, -0.2) is 0 Å². The fourth-order valence-corrected chi connectivity index (χ4v) is 3.00. The lowest BCUT2D eigenvalue weighted by molar-refractivity contribution is -0.122. The lowest BCUT2D eigenvalue weighted by atomic mass is 9.92. The second-order valence-corrected chi connectivity index (χ2v) is 6.73. The number of nitrogens with zero attached hydrogens (tertiary/aromatic N) is 1. The molecule has 0 bridgehead atoms. The summed E-state index contributed by atoms with van der Waals surface area (Å²) in [5.74, 6) is -0.834. The van der Waals surface area contributed by atoms with Gasteiger partial charge in [-0.2, -0.15) is 18.2 Å². The quantitative estimate of drug-likeness (QED) is 0.292. The Labute approximate surface area is 164 Å². The summed E-state index contributed by atoms with van der Waals surface area (Å²) in [6.45, 7) is 8.00. The molecule has 1 saturated heterocycles. The smallest absolute Gasteiger partial charge is 0.416 e. The highest BCUT2D eigenvalue weighted by atomic mass is 19.4. The van der Waals surface area contributed by atoms with E-state index >= 15 is 0 Å². The molecule has 2 unspecified atom stereocenters. The van der Waals surface area contributed by atoms with Crippen LogP contribution in [0.2, 0.25) is 0 Å². The topological polar surface area (TPSA) is 76.7 Å². The molecule has 0 aromatic carbocycles. The van der Waals surface area contributed by atoms with Gasteiger partial charge in [-0.3, -0.25) is 4.79 Å². The first-order valence-electron chi connectivity index (χ1n) is 9.50. The van der Waals surface area contributed by atoms with Crippen molar-refractivity contribution in [3.05, 3.63) is 35.1 Å². The highest BCUT2D eigenvalue weighted by Gasteiger charge is 2.37. The van der Waals surface area contributed by atoms with Gasteiger partial charge in [-0.05, 0) is 58.7 Å². The third-order valence-electron chi connectivity index (χ3n) is 4.34. The van der Waals surface area contributed by atoms with Crippen LogP contribution in [-0.2, 0) is 9.53 Å². The number of aliphatic imine (C=N–C) groups is 1. The number of alkyl halides is 3. The van der Waals surface area contributed by atoms with E-state index < -0.39 is 23.5 Å². The Morgan fingerprint density at radius 2 is 2.00 bits per heavy atom. The molecule has 158 valence electrons. The van der Waals surface area contributed by atoms with E-state index in [4.69, 9.17) is 10.5 Å². The van der Waals surface area contributed by atoms with Crippen LogP contribution >= 0.6 is 0 Å². The van der Waals surface area contributed by atoms with E-state index in [1.165, 1.54) is 12.2 Å². The summed E-state index contributed by atoms with van der Waals surface area (Å²) in [6, 6.07) is 0.150. The van der Waals surface area contributed by atoms with Crippen LogP contribution in [0.3, 0.4) is 0 Å². The maximum atomic E-state index is 13.6. The average Bonchev–Trinajstić information content (AvgIpc) is 2.60. The maximum absolute atomic E-state index is 13.6. The van der Waals surface area contributed by atoms with Crippen molar-refractivity contribution in [2.75, 3.05) is 13.2 Å². The van der Waals surface area contributed by atoms with Gasteiger partial charge < -0.3 is 15.8 Å². The molecule has 0 saturated carbocycles. The van der Waals surface area contributed by atoms with E-state index in [1.54, 1.807) is 20.8 Å². The van der Waals surface area contributed by atoms with Crippen molar-refractivity contribution in [2.45, 2.75) is 59.2 Å². The van der Waals surface area contributed by atoms with Gasteiger partial charge in [0, 0.05) is 17.5 Å². The maximum Gasteiger partial charge on any atom is 0.416 e. The molecule has 1 fully saturated rings. The molecule has 3 N–H and O–H groups in total. The van der Waals surface area contributed by atoms with E-state index in [2.05, 4.69) is 10.3 Å². The predicted octanol–water partition coefficient (Wildman–Crippen LogP) is 4.02. The van der Waals surface area contributed by atoms with Crippen LogP contribution < -0.4 is 11.1 Å². The number of piperidine rings is 1. The largest absolute Gasteiger partial charge is 0.499 e. The lowest BCUT2D eigenvalue weighted by Crippen LogP contribution is -2.38. The highest BCUT2D eigenvalue weighted by molar-refractivity contribution is 6.07. The highest BCUT2D eigenvalue weighted by Crippen LogP contribution is 2.32. The first-order chi connectivity index (χ1) is 13.1. The Morgan fingerprint density at radius 1 is 1.32 bits per heavy atom. The van der Waals surface area contributed by atoms with E-state index in [9.17, 15) is 18.0 Å². The molecule has 1 amide bonds. The van der Waals surface area contributed by atoms with Crippen molar-refractivity contribution < 1.29 is 22.7 Å². The van der Waals surface area contributed by atoms with Crippen LogP contribution in [0.4, 0.5) is 13.2 Å². The SMILES string of the molecule is CC\C=C(/C(=C\C=C(/C)OCC)C(N)=NC(=O)C1CCNC(C)C1)C(F)(F)F. The van der Waals surface area contributed by atoms with Crippen molar-refractivity contribution in [3.8, 4) is 0 Å². The molecule has 0 aliphatic carbocycles. The fourth-order valence-electron chi connectivity index (χ4n) is 3.00. The number of halogens is 3. The van der Waals surface area contributed by atoms with Crippen molar-refractivity contribution in [1.82, 2.24) is 5.32 Å². The van der Waals surface area contributed by atoms with Crippen LogP contribution in [0, 0.1) is 5.92 Å². The second-order valence-electron chi connectivity index (χ2n) is 6.73. The van der Waals surface area contributed by atoms with E-state index in [0.717, 1.165) is 6.08 Å². The lowest BCUT2D eigenvalue weighted by Gasteiger charge is -2.25. The van der Waals surface area contributed by atoms with Gasteiger partial charge in [-0.1, -0.05) is 13.0 Å². The summed E-state index contributed by atoms with van der Waals surface area (Å²) in [6.07, 6.45) is 0.336. The molecule has 8 heteroatoms. The zero-order valence-electron chi connectivity index (χ0n) is 16.9. The number of ether oxygens (including phenoxy) is 1. The molecule has 1 heterocycles. The Bertz CT molecular complexity index is 664. The van der Waals surface area contributed by atoms with Crippen LogP contribution in [0.5, 0.6) is 0 Å². The Balaban J connectivity index is 3.29. The van der Waals surface area contributed by atoms with Gasteiger partial charge in [0.15, 0.2) is 0 Å². The molecule has 0 spiro atoms. The summed E-state index contributed by atoms with van der Waals surface area (Å²) in [5.41, 5.74) is 4.64. The first kappa shape index (κ1) is 23.9. The van der Waals surface area contributed by atoms with E-state index in [-0.39, 0.29) is 24.0 Å². The van der Waals surface area contributed by atoms with Crippen LogP contribution in [0.1, 0.15) is 47.0 Å². The van der Waals surface area contributed by atoms with Gasteiger partial charge in [0.25, 0.3) is 5.91 Å². The van der Waals surface area contributed by atoms with Crippen molar-refractivity contribution >= 4 is 11.7 Å². The first-order valence-corrected chi connectivity index (χ1v) is 9.50. The zero-order valence-corrected chi connectivity index (χ0v) is 16.9. The third kappa shape index (κ3) is 7.50. The minimum absolute atomic E-state index is 0.150. The predicted molar refractivity (Wildman–Crippen MR) is 105 cm³/mol. The Hall–Kier alpha value is -2.09. The Morgan fingerprint density at radius 3 is 2.54 bits per heavy atom. The number of hydrogen-bond donors (Lipinski definition) is 2. The zero-order chi connectivity index (χ0) is 21.3. The number of amidine groups is 1. The average molecular weight is 401 g/mol. The number of carbonyl (C=O) groups excluding carboxylic acids is 1. The van der Waals surface area contributed by atoms with Crippen LogP contribution in [0.15, 0.2) is 40.1 Å². The van der Waals surface area contributed by atoms with E-state index in [0.29, 0.717) is 31.8 Å².